The highest BCUT2D eigenvalue weighted by Crippen LogP contribution is 2.12. The quantitative estimate of drug-likeness (QED) is 0.735. The van der Waals surface area contributed by atoms with Crippen LogP contribution in [0.25, 0.3) is 0 Å². The highest BCUT2D eigenvalue weighted by Gasteiger charge is 2.04. The third-order valence-corrected chi connectivity index (χ3v) is 4.21. The van der Waals surface area contributed by atoms with E-state index in [9.17, 15) is 0 Å². The average molecular weight is 296 g/mol. The number of halogens is 1. The summed E-state index contributed by atoms with van der Waals surface area (Å²) in [4.78, 5) is 10.8. The zero-order valence-corrected chi connectivity index (χ0v) is 12.6. The van der Waals surface area contributed by atoms with E-state index in [-0.39, 0.29) is 0 Å². The Morgan fingerprint density at radius 2 is 1.95 bits per heavy atom. The first-order valence-corrected chi connectivity index (χ1v) is 7.76. The molecular formula is C14H18ClN3S. The lowest BCUT2D eigenvalue weighted by molar-refractivity contribution is 0.342. The number of pyridine rings is 1. The van der Waals surface area contributed by atoms with Gasteiger partial charge in [0.1, 0.15) is 0 Å². The van der Waals surface area contributed by atoms with E-state index >= 15 is 0 Å². The molecule has 2 aromatic heterocycles. The molecule has 3 nitrogen and oxygen atoms in total. The molecule has 0 bridgehead atoms. The van der Waals surface area contributed by atoms with Gasteiger partial charge in [-0.25, -0.2) is 4.98 Å². The van der Waals surface area contributed by atoms with E-state index in [1.54, 1.807) is 11.3 Å². The Bertz CT molecular complexity index is 486. The lowest BCUT2D eigenvalue weighted by atomic mass is 10.2. The average Bonchev–Trinajstić information content (AvgIpc) is 2.92. The molecule has 102 valence electrons. The fourth-order valence-corrected chi connectivity index (χ4v) is 2.81. The molecular weight excluding hydrogens is 278 g/mol. The molecule has 0 atom stereocenters. The van der Waals surface area contributed by atoms with Gasteiger partial charge in [-0.05, 0) is 31.2 Å². The largest absolute Gasteiger partial charge is 0.306 e. The second kappa shape index (κ2) is 7.58. The van der Waals surface area contributed by atoms with Crippen LogP contribution >= 0.6 is 22.9 Å². The highest BCUT2D eigenvalue weighted by atomic mass is 35.5. The number of nitrogens with zero attached hydrogens (tertiary/aromatic N) is 3. The van der Waals surface area contributed by atoms with Crippen LogP contribution in [-0.2, 0) is 18.7 Å². The summed E-state index contributed by atoms with van der Waals surface area (Å²) in [6.45, 7) is 2.08. The molecule has 0 N–H and O–H groups in total. The Kier molecular flexibility index (Phi) is 5.76. The standard InChI is InChI=1S/C14H18ClN3S/c1-18(8-4-12-2-6-16-7-3-12)9-5-14-17-13(10-15)11-19-14/h2-3,6-7,11H,4-5,8-10H2,1H3. The van der Waals surface area contributed by atoms with Crippen LogP contribution in [0, 0.1) is 0 Å². The number of likely N-dealkylation sites (N-methyl/N-ethyl adjacent to an activating group) is 1. The maximum atomic E-state index is 5.75. The van der Waals surface area contributed by atoms with Gasteiger partial charge in [0.05, 0.1) is 16.6 Å². The van der Waals surface area contributed by atoms with Gasteiger partial charge in [-0.2, -0.15) is 0 Å². The summed E-state index contributed by atoms with van der Waals surface area (Å²) in [5.74, 6) is 0.508. The summed E-state index contributed by atoms with van der Waals surface area (Å²) in [5.41, 5.74) is 2.32. The minimum atomic E-state index is 0.508. The molecule has 0 fully saturated rings. The van der Waals surface area contributed by atoms with Gasteiger partial charge in [0, 0.05) is 37.3 Å². The molecule has 0 aliphatic heterocycles. The van der Waals surface area contributed by atoms with Crippen molar-refractivity contribution < 1.29 is 0 Å². The van der Waals surface area contributed by atoms with E-state index in [0.29, 0.717) is 5.88 Å². The van der Waals surface area contributed by atoms with Crippen LogP contribution in [0.15, 0.2) is 29.9 Å². The Morgan fingerprint density at radius 1 is 1.21 bits per heavy atom. The monoisotopic (exact) mass is 295 g/mol. The number of rotatable bonds is 7. The first kappa shape index (κ1) is 14.4. The fourth-order valence-electron chi connectivity index (χ4n) is 1.79. The topological polar surface area (TPSA) is 29.0 Å². The van der Waals surface area contributed by atoms with Crippen LogP contribution < -0.4 is 0 Å². The predicted octanol–water partition coefficient (Wildman–Crippen LogP) is 2.99. The lowest BCUT2D eigenvalue weighted by Gasteiger charge is -2.15. The minimum Gasteiger partial charge on any atom is -0.306 e. The first-order chi connectivity index (χ1) is 9.28. The predicted molar refractivity (Wildman–Crippen MR) is 80.8 cm³/mol. The van der Waals surface area contributed by atoms with Gasteiger partial charge >= 0.3 is 0 Å². The van der Waals surface area contributed by atoms with Gasteiger partial charge in [-0.1, -0.05) is 0 Å². The molecule has 0 unspecified atom stereocenters. The lowest BCUT2D eigenvalue weighted by Crippen LogP contribution is -2.23. The normalized spacial score (nSPS) is 11.1. The van der Waals surface area contributed by atoms with Gasteiger partial charge < -0.3 is 4.90 Å². The number of hydrogen-bond donors (Lipinski definition) is 0. The summed E-state index contributed by atoms with van der Waals surface area (Å²) in [5, 5.41) is 3.21. The molecule has 5 heteroatoms. The molecule has 0 radical (unpaired) electrons. The van der Waals surface area contributed by atoms with Crippen molar-refractivity contribution in [3.05, 3.63) is 46.2 Å². The van der Waals surface area contributed by atoms with Crippen LogP contribution in [0.1, 0.15) is 16.3 Å². The Hall–Kier alpha value is -0.970. The van der Waals surface area contributed by atoms with E-state index in [0.717, 1.165) is 31.6 Å². The summed E-state index contributed by atoms with van der Waals surface area (Å²) < 4.78 is 0. The van der Waals surface area contributed by atoms with Crippen LogP contribution in [0.5, 0.6) is 0 Å². The Morgan fingerprint density at radius 3 is 2.63 bits per heavy atom. The maximum Gasteiger partial charge on any atom is 0.0941 e. The molecule has 0 aromatic carbocycles. The van der Waals surface area contributed by atoms with Crippen LogP contribution in [0.4, 0.5) is 0 Å². The number of aromatic nitrogens is 2. The van der Waals surface area contributed by atoms with Crippen molar-refractivity contribution in [2.24, 2.45) is 0 Å². The zero-order chi connectivity index (χ0) is 13.5. The van der Waals surface area contributed by atoms with Crippen molar-refractivity contribution >= 4 is 22.9 Å². The molecule has 2 aromatic rings. The molecule has 0 aliphatic carbocycles. The third-order valence-electron chi connectivity index (χ3n) is 2.98. The molecule has 0 saturated heterocycles. The third kappa shape index (κ3) is 4.90. The second-order valence-corrected chi connectivity index (χ2v) is 5.73. The number of hydrogen-bond acceptors (Lipinski definition) is 4. The fraction of sp³-hybridized carbons (Fsp3) is 0.429. The van der Waals surface area contributed by atoms with Crippen molar-refractivity contribution in [1.82, 2.24) is 14.9 Å². The summed E-state index contributed by atoms with van der Waals surface area (Å²) in [7, 11) is 2.15. The van der Waals surface area contributed by atoms with Gasteiger partial charge in [0.25, 0.3) is 0 Å². The van der Waals surface area contributed by atoms with E-state index in [2.05, 4.69) is 34.0 Å². The smallest absolute Gasteiger partial charge is 0.0941 e. The summed E-state index contributed by atoms with van der Waals surface area (Å²) >= 11 is 7.45. The van der Waals surface area contributed by atoms with Crippen molar-refractivity contribution in [1.29, 1.82) is 0 Å². The number of thiazole rings is 1. The van der Waals surface area contributed by atoms with Crippen LogP contribution in [0.2, 0.25) is 0 Å². The van der Waals surface area contributed by atoms with Gasteiger partial charge in [0.15, 0.2) is 0 Å². The molecule has 19 heavy (non-hydrogen) atoms. The first-order valence-electron chi connectivity index (χ1n) is 6.34. The molecule has 2 heterocycles. The Labute approximate surface area is 123 Å². The number of alkyl halides is 1. The highest BCUT2D eigenvalue weighted by molar-refractivity contribution is 7.09. The minimum absolute atomic E-state index is 0.508. The maximum absolute atomic E-state index is 5.75. The summed E-state index contributed by atoms with van der Waals surface area (Å²) in [6, 6.07) is 4.14. The molecule has 0 spiro atoms. The van der Waals surface area contributed by atoms with E-state index in [4.69, 9.17) is 11.6 Å². The van der Waals surface area contributed by atoms with E-state index < -0.39 is 0 Å². The van der Waals surface area contributed by atoms with Gasteiger partial charge in [0.2, 0.25) is 0 Å². The van der Waals surface area contributed by atoms with Crippen molar-refractivity contribution in [3.63, 3.8) is 0 Å². The van der Waals surface area contributed by atoms with Crippen LogP contribution in [0.3, 0.4) is 0 Å². The Balaban J connectivity index is 1.71. The van der Waals surface area contributed by atoms with E-state index in [1.807, 2.05) is 17.8 Å². The van der Waals surface area contributed by atoms with Crippen LogP contribution in [-0.4, -0.2) is 35.0 Å². The zero-order valence-electron chi connectivity index (χ0n) is 11.1. The molecule has 0 aliphatic rings. The van der Waals surface area contributed by atoms with Gasteiger partial charge in [-0.3, -0.25) is 4.98 Å². The van der Waals surface area contributed by atoms with Crippen molar-refractivity contribution in [2.75, 3.05) is 20.1 Å². The second-order valence-electron chi connectivity index (χ2n) is 4.52. The van der Waals surface area contributed by atoms with E-state index in [1.165, 1.54) is 10.6 Å². The molecule has 0 saturated carbocycles. The van der Waals surface area contributed by atoms with Gasteiger partial charge in [-0.15, -0.1) is 22.9 Å². The molecule has 2 rings (SSSR count). The van der Waals surface area contributed by atoms with Crippen molar-refractivity contribution in [3.8, 4) is 0 Å². The SMILES string of the molecule is CN(CCc1ccncc1)CCc1nc(CCl)cs1. The molecule has 0 amide bonds. The summed E-state index contributed by atoms with van der Waals surface area (Å²) in [6.07, 6.45) is 5.75. The van der Waals surface area contributed by atoms with Crippen molar-refractivity contribution in [2.45, 2.75) is 18.7 Å².